The number of aryl methyl sites for hydroxylation is 1. The minimum atomic E-state index is -3.19. The predicted octanol–water partition coefficient (Wildman–Crippen LogP) is 2.92. The van der Waals surface area contributed by atoms with Crippen LogP contribution in [0.4, 0.5) is 5.95 Å². The molecule has 3 aliphatic heterocycles. The highest BCUT2D eigenvalue weighted by Gasteiger charge is 2.47. The van der Waals surface area contributed by atoms with E-state index in [-0.39, 0.29) is 16.9 Å². The number of anilines is 1. The van der Waals surface area contributed by atoms with Crippen LogP contribution in [0.15, 0.2) is 30.5 Å². The maximum Gasteiger partial charge on any atom is 0.225 e. The summed E-state index contributed by atoms with van der Waals surface area (Å²) in [6.07, 6.45) is 4.18. The maximum absolute atomic E-state index is 13.0. The van der Waals surface area contributed by atoms with Gasteiger partial charge in [0.05, 0.1) is 16.7 Å². The molecule has 160 valence electrons. The molecule has 0 spiro atoms. The van der Waals surface area contributed by atoms with Gasteiger partial charge in [-0.15, -0.1) is 0 Å². The molecule has 0 saturated carbocycles. The van der Waals surface area contributed by atoms with Gasteiger partial charge in [0.1, 0.15) is 0 Å². The Morgan fingerprint density at radius 2 is 2.07 bits per heavy atom. The van der Waals surface area contributed by atoms with Crippen molar-refractivity contribution in [2.45, 2.75) is 50.2 Å². The fourth-order valence-corrected chi connectivity index (χ4v) is 7.39. The van der Waals surface area contributed by atoms with Gasteiger partial charge in [0.2, 0.25) is 5.95 Å². The summed E-state index contributed by atoms with van der Waals surface area (Å²) in [5.41, 5.74) is 4.22. The zero-order valence-electron chi connectivity index (χ0n) is 17.8. The van der Waals surface area contributed by atoms with Crippen molar-refractivity contribution >= 4 is 15.8 Å². The third-order valence-corrected chi connectivity index (χ3v) is 8.94. The van der Waals surface area contributed by atoms with Crippen molar-refractivity contribution in [1.29, 1.82) is 0 Å². The third-order valence-electron chi connectivity index (χ3n) is 6.82. The van der Waals surface area contributed by atoms with Gasteiger partial charge in [-0.25, -0.2) is 18.4 Å². The minimum absolute atomic E-state index is 0.0625. The first kappa shape index (κ1) is 19.9. The molecule has 6 nitrogen and oxygen atoms in total. The van der Waals surface area contributed by atoms with Crippen molar-refractivity contribution in [2.75, 3.05) is 31.1 Å². The average molecular weight is 427 g/mol. The molecule has 0 amide bonds. The lowest BCUT2D eigenvalue weighted by molar-refractivity contribution is 0.326. The van der Waals surface area contributed by atoms with E-state index in [1.54, 1.807) is 6.20 Å². The Labute approximate surface area is 179 Å². The van der Waals surface area contributed by atoms with Crippen molar-refractivity contribution in [3.8, 4) is 0 Å². The number of hydrogen-bond acceptors (Lipinski definition) is 6. The van der Waals surface area contributed by atoms with Gasteiger partial charge in [-0.3, -0.25) is 4.90 Å². The van der Waals surface area contributed by atoms with Crippen LogP contribution in [0.25, 0.3) is 0 Å². The largest absolute Gasteiger partial charge is 0.341 e. The Balaban J connectivity index is 1.43. The van der Waals surface area contributed by atoms with E-state index in [0.29, 0.717) is 12.5 Å². The fraction of sp³-hybridized carbons (Fsp3) is 0.565. The van der Waals surface area contributed by atoms with Gasteiger partial charge in [-0.1, -0.05) is 36.8 Å². The molecule has 4 heterocycles. The lowest BCUT2D eigenvalue weighted by Crippen LogP contribution is -2.38. The Bertz CT molecular complexity index is 1050. The molecule has 1 aromatic carbocycles. The average Bonchev–Trinajstić information content (AvgIpc) is 3.13. The van der Waals surface area contributed by atoms with Crippen LogP contribution in [0.1, 0.15) is 48.1 Å². The topological polar surface area (TPSA) is 66.4 Å². The van der Waals surface area contributed by atoms with E-state index in [4.69, 9.17) is 4.98 Å². The van der Waals surface area contributed by atoms with Gasteiger partial charge in [-0.05, 0) is 31.2 Å². The molecule has 1 unspecified atom stereocenters. The first-order valence-corrected chi connectivity index (χ1v) is 12.7. The summed E-state index contributed by atoms with van der Waals surface area (Å²) in [5.74, 6) is 1.42. The summed E-state index contributed by atoms with van der Waals surface area (Å²) in [7, 11) is -3.19. The van der Waals surface area contributed by atoms with Crippen LogP contribution >= 0.6 is 0 Å². The molecule has 0 aliphatic carbocycles. The van der Waals surface area contributed by atoms with E-state index in [2.05, 4.69) is 52.9 Å². The molecule has 1 aromatic heterocycles. The number of hydrogen-bond donors (Lipinski definition) is 0. The summed E-state index contributed by atoms with van der Waals surface area (Å²) in [6.45, 7) is 8.42. The number of aromatic nitrogens is 2. The molecule has 2 saturated heterocycles. The second-order valence-corrected chi connectivity index (χ2v) is 11.6. The molecule has 7 heteroatoms. The van der Waals surface area contributed by atoms with Crippen molar-refractivity contribution in [3.63, 3.8) is 0 Å². The van der Waals surface area contributed by atoms with Gasteiger partial charge >= 0.3 is 0 Å². The molecule has 0 radical (unpaired) electrons. The molecular weight excluding hydrogens is 396 g/mol. The van der Waals surface area contributed by atoms with Crippen molar-refractivity contribution in [1.82, 2.24) is 14.9 Å². The summed E-state index contributed by atoms with van der Waals surface area (Å²) >= 11 is 0. The van der Waals surface area contributed by atoms with Gasteiger partial charge in [0.15, 0.2) is 9.84 Å². The smallest absolute Gasteiger partial charge is 0.225 e. The number of nitrogens with zero attached hydrogens (tertiary/aromatic N) is 4. The zero-order valence-corrected chi connectivity index (χ0v) is 18.6. The fourth-order valence-electron chi connectivity index (χ4n) is 5.37. The normalized spacial score (nSPS) is 28.2. The van der Waals surface area contributed by atoms with E-state index in [1.807, 2.05) is 0 Å². The van der Waals surface area contributed by atoms with Crippen LogP contribution in [0.5, 0.6) is 0 Å². The highest BCUT2D eigenvalue weighted by Crippen LogP contribution is 2.40. The summed E-state index contributed by atoms with van der Waals surface area (Å²) in [4.78, 5) is 14.1. The van der Waals surface area contributed by atoms with E-state index < -0.39 is 9.84 Å². The molecule has 0 N–H and O–H groups in total. The summed E-state index contributed by atoms with van der Waals surface area (Å²) in [6, 6.07) is 8.46. The number of benzene rings is 1. The molecule has 2 aromatic rings. The monoisotopic (exact) mass is 426 g/mol. The first-order valence-electron chi connectivity index (χ1n) is 11.0. The molecule has 3 atom stereocenters. The molecule has 2 fully saturated rings. The van der Waals surface area contributed by atoms with Gasteiger partial charge in [-0.2, -0.15) is 0 Å². The van der Waals surface area contributed by atoms with Gasteiger partial charge in [0.25, 0.3) is 0 Å². The Hall–Kier alpha value is -1.99. The molecule has 3 aliphatic rings. The zero-order chi connectivity index (χ0) is 20.9. The van der Waals surface area contributed by atoms with Crippen molar-refractivity contribution in [3.05, 3.63) is 52.8 Å². The van der Waals surface area contributed by atoms with Crippen LogP contribution in [0, 0.1) is 12.8 Å². The summed E-state index contributed by atoms with van der Waals surface area (Å²) in [5, 5.41) is -0.363. The van der Waals surface area contributed by atoms with Crippen LogP contribution in [0.2, 0.25) is 0 Å². The third kappa shape index (κ3) is 3.73. The van der Waals surface area contributed by atoms with Gasteiger partial charge < -0.3 is 4.90 Å². The number of piperidine rings is 1. The minimum Gasteiger partial charge on any atom is -0.341 e. The summed E-state index contributed by atoms with van der Waals surface area (Å²) < 4.78 is 26.0. The van der Waals surface area contributed by atoms with Crippen molar-refractivity contribution in [2.24, 2.45) is 5.92 Å². The van der Waals surface area contributed by atoms with E-state index in [1.165, 1.54) is 17.5 Å². The van der Waals surface area contributed by atoms with Crippen LogP contribution in [-0.2, 0) is 22.1 Å². The Morgan fingerprint density at radius 1 is 1.20 bits per heavy atom. The maximum atomic E-state index is 13.0. The quantitative estimate of drug-likeness (QED) is 0.752. The van der Waals surface area contributed by atoms with Crippen LogP contribution in [-0.4, -0.2) is 54.7 Å². The molecule has 30 heavy (non-hydrogen) atoms. The first-order chi connectivity index (χ1) is 14.4. The van der Waals surface area contributed by atoms with E-state index in [0.717, 1.165) is 49.8 Å². The highest BCUT2D eigenvalue weighted by molar-refractivity contribution is 7.91. The SMILES string of the molecule is Cc1cccc(CN2C[C@@H]3c4nc(N5CCCC(C)C5)ncc4CS(=O)(=O)[C@@H]3C2)c1. The van der Waals surface area contributed by atoms with E-state index >= 15 is 0 Å². The lowest BCUT2D eigenvalue weighted by Gasteiger charge is -2.32. The lowest BCUT2D eigenvalue weighted by atomic mass is 9.99. The van der Waals surface area contributed by atoms with Crippen molar-refractivity contribution < 1.29 is 8.42 Å². The predicted molar refractivity (Wildman–Crippen MR) is 118 cm³/mol. The molecule has 0 bridgehead atoms. The second-order valence-electron chi connectivity index (χ2n) is 9.41. The van der Waals surface area contributed by atoms with Crippen LogP contribution in [0.3, 0.4) is 0 Å². The molecular formula is C23H30N4O2S. The number of likely N-dealkylation sites (tertiary alicyclic amines) is 1. The van der Waals surface area contributed by atoms with Gasteiger partial charge in [0, 0.05) is 50.4 Å². The number of rotatable bonds is 3. The number of sulfone groups is 1. The molecule has 5 rings (SSSR count). The Kier molecular flexibility index (Phi) is 5.06. The second kappa shape index (κ2) is 7.61. The Morgan fingerprint density at radius 3 is 2.87 bits per heavy atom. The van der Waals surface area contributed by atoms with E-state index in [9.17, 15) is 8.42 Å². The van der Waals surface area contributed by atoms with Crippen LogP contribution < -0.4 is 4.90 Å². The standard InChI is InChI=1S/C23H30N4O2S/c1-16-5-3-7-18(9-16)12-26-13-20-21(14-26)30(28,29)15-19-10-24-23(25-22(19)20)27-8-4-6-17(2)11-27/h3,5,7,9-10,17,20-21H,4,6,8,11-15H2,1-2H3/t17?,20-,21+/m0/s1. The number of fused-ring (bicyclic) bond motifs is 3. The highest BCUT2D eigenvalue weighted by atomic mass is 32.2.